The molecular formula is C57H42N3+. The molecule has 3 heteroatoms. The Kier molecular flexibility index (Phi) is 8.14. The van der Waals surface area contributed by atoms with Crippen LogP contribution in [0.3, 0.4) is 0 Å². The number of hydrogen-bond donors (Lipinski definition) is 1. The van der Waals surface area contributed by atoms with Crippen LogP contribution in [-0.2, 0) is 12.8 Å². The topological polar surface area (TPSA) is 14.3 Å². The summed E-state index contributed by atoms with van der Waals surface area (Å²) in [5, 5.41) is 5.14. The van der Waals surface area contributed by atoms with Crippen molar-refractivity contribution < 1.29 is 4.90 Å². The standard InChI is InChI=1S/C57H41N3/c1-7-19-52-46(13-1)47-14-2-8-20-53(47)58(52)43-31-25-39(26-32-43)37-42(41-29-35-45(36-30-41)60-56-23-11-5-17-50(56)51-18-6-12-24-57(51)60)38-40-27-33-44(34-28-40)59-54-21-9-3-15-48(54)49-16-4-10-22-55(49)59/h1-36,42H,37-38H2/p+1. The van der Waals surface area contributed by atoms with Crippen molar-refractivity contribution in [3.63, 3.8) is 0 Å². The number of para-hydroxylation sites is 6. The lowest BCUT2D eigenvalue weighted by Gasteiger charge is -2.20. The van der Waals surface area contributed by atoms with E-state index in [2.05, 4.69) is 228 Å². The highest BCUT2D eigenvalue weighted by Crippen LogP contribution is 2.39. The lowest BCUT2D eigenvalue weighted by molar-refractivity contribution is -0.677. The van der Waals surface area contributed by atoms with Crippen molar-refractivity contribution in [3.05, 3.63) is 235 Å². The van der Waals surface area contributed by atoms with E-state index in [9.17, 15) is 0 Å². The van der Waals surface area contributed by atoms with Gasteiger partial charge in [-0.05, 0) is 96.1 Å². The van der Waals surface area contributed by atoms with Crippen molar-refractivity contribution in [3.8, 4) is 22.5 Å². The second kappa shape index (κ2) is 14.1. The van der Waals surface area contributed by atoms with Crippen LogP contribution in [0.4, 0.5) is 17.1 Å². The fraction of sp³-hybridized carbons (Fsp3) is 0.0526. The van der Waals surface area contributed by atoms with Gasteiger partial charge in [-0.3, -0.25) is 0 Å². The molecule has 3 nitrogen and oxygen atoms in total. The number of nitrogens with zero attached hydrogens (tertiary/aromatic N) is 2. The van der Waals surface area contributed by atoms with Gasteiger partial charge in [0.1, 0.15) is 17.1 Å². The van der Waals surface area contributed by atoms with Crippen LogP contribution in [0.25, 0.3) is 66.1 Å². The minimum absolute atomic E-state index is 0.280. The number of fused-ring (bicyclic) bond motifs is 9. The highest BCUT2D eigenvalue weighted by molar-refractivity contribution is 6.10. The smallest absolute Gasteiger partial charge is 0.149 e. The van der Waals surface area contributed by atoms with E-state index in [1.807, 2.05) is 0 Å². The molecule has 1 unspecified atom stereocenters. The quantitative estimate of drug-likeness (QED) is 0.158. The molecule has 1 aliphatic heterocycles. The van der Waals surface area contributed by atoms with E-state index in [0.717, 1.165) is 12.8 Å². The maximum Gasteiger partial charge on any atom is 0.149 e. The Labute approximate surface area is 349 Å². The Morgan fingerprint density at radius 2 is 0.683 bits per heavy atom. The SMILES string of the molecule is c1ccc2c(c1)-c1ccccc1[NH+]2c1ccc(CC(Cc2ccc(-n3c4ccccc4c4ccccc43)cc2)c2ccc(-n3c4ccccc4c4ccccc43)cc2)cc1. The first kappa shape index (κ1) is 34.6. The first-order valence-corrected chi connectivity index (χ1v) is 21.1. The number of quaternary nitrogens is 1. The molecular weight excluding hydrogens is 727 g/mol. The highest BCUT2D eigenvalue weighted by Gasteiger charge is 2.32. The third-order valence-corrected chi connectivity index (χ3v) is 12.9. The van der Waals surface area contributed by atoms with Crippen LogP contribution in [0, 0.1) is 0 Å². The molecule has 60 heavy (non-hydrogen) atoms. The zero-order valence-corrected chi connectivity index (χ0v) is 33.2. The summed E-state index contributed by atoms with van der Waals surface area (Å²) in [4.78, 5) is 1.33. The summed E-state index contributed by atoms with van der Waals surface area (Å²) in [6.07, 6.45) is 1.87. The van der Waals surface area contributed by atoms with Crippen molar-refractivity contribution in [1.29, 1.82) is 0 Å². The Bertz CT molecular complexity index is 3220. The molecule has 0 spiro atoms. The van der Waals surface area contributed by atoms with Gasteiger partial charge in [0.15, 0.2) is 0 Å². The molecule has 1 atom stereocenters. The lowest BCUT2D eigenvalue weighted by atomic mass is 9.86. The largest absolute Gasteiger partial charge is 0.309 e. The van der Waals surface area contributed by atoms with Crippen molar-refractivity contribution in [2.75, 3.05) is 0 Å². The molecule has 12 rings (SSSR count). The van der Waals surface area contributed by atoms with Gasteiger partial charge in [-0.25, -0.2) is 4.90 Å². The Balaban J connectivity index is 0.900. The van der Waals surface area contributed by atoms with E-state index < -0.39 is 0 Å². The van der Waals surface area contributed by atoms with Crippen LogP contribution in [-0.4, -0.2) is 9.13 Å². The summed E-state index contributed by atoms with van der Waals surface area (Å²) in [6, 6.07) is 80.7. The van der Waals surface area contributed by atoms with E-state index >= 15 is 0 Å². The molecule has 0 amide bonds. The third-order valence-electron chi connectivity index (χ3n) is 12.9. The normalized spacial score (nSPS) is 13.0. The second-order valence-corrected chi connectivity index (χ2v) is 16.3. The van der Waals surface area contributed by atoms with Crippen LogP contribution in [0.5, 0.6) is 0 Å². The minimum atomic E-state index is 0.280. The fourth-order valence-corrected chi connectivity index (χ4v) is 10.1. The first-order valence-electron chi connectivity index (χ1n) is 21.1. The summed E-state index contributed by atoms with van der Waals surface area (Å²) in [5.41, 5.74) is 17.9. The molecule has 3 heterocycles. The van der Waals surface area contributed by atoms with Gasteiger partial charge in [0, 0.05) is 68.3 Å². The molecule has 0 fully saturated rings. The fourth-order valence-electron chi connectivity index (χ4n) is 10.1. The molecule has 1 aliphatic rings. The maximum absolute atomic E-state index is 2.41. The molecule has 284 valence electrons. The average Bonchev–Trinajstić information content (AvgIpc) is 3.96. The van der Waals surface area contributed by atoms with Gasteiger partial charge in [-0.15, -0.1) is 0 Å². The van der Waals surface area contributed by atoms with Crippen LogP contribution in [0.15, 0.2) is 218 Å². The van der Waals surface area contributed by atoms with Gasteiger partial charge in [0.25, 0.3) is 0 Å². The summed E-state index contributed by atoms with van der Waals surface area (Å²) in [5.74, 6) is 0.280. The Morgan fingerprint density at radius 3 is 1.12 bits per heavy atom. The zero-order valence-electron chi connectivity index (χ0n) is 33.2. The molecule has 0 aliphatic carbocycles. The summed E-state index contributed by atoms with van der Waals surface area (Å²) >= 11 is 0. The molecule has 0 radical (unpaired) electrons. The Hall–Kier alpha value is -7.46. The van der Waals surface area contributed by atoms with Crippen molar-refractivity contribution in [2.45, 2.75) is 18.8 Å². The summed E-state index contributed by atoms with van der Waals surface area (Å²) < 4.78 is 4.81. The molecule has 2 aromatic heterocycles. The number of benzene rings is 9. The summed E-state index contributed by atoms with van der Waals surface area (Å²) in [7, 11) is 0. The van der Waals surface area contributed by atoms with Gasteiger partial charge in [0.05, 0.1) is 22.1 Å². The van der Waals surface area contributed by atoms with Crippen molar-refractivity contribution in [1.82, 2.24) is 9.13 Å². The van der Waals surface area contributed by atoms with E-state index in [1.54, 1.807) is 0 Å². The number of rotatable bonds is 8. The van der Waals surface area contributed by atoms with Crippen molar-refractivity contribution in [2.24, 2.45) is 0 Å². The van der Waals surface area contributed by atoms with E-state index in [0.29, 0.717) is 0 Å². The lowest BCUT2D eigenvalue weighted by Crippen LogP contribution is -2.95. The van der Waals surface area contributed by atoms with Gasteiger partial charge in [-0.2, -0.15) is 0 Å². The van der Waals surface area contributed by atoms with Gasteiger partial charge in [-0.1, -0.05) is 133 Å². The maximum atomic E-state index is 2.41. The minimum Gasteiger partial charge on any atom is -0.309 e. The van der Waals surface area contributed by atoms with Crippen LogP contribution in [0.2, 0.25) is 0 Å². The molecule has 0 bridgehead atoms. The monoisotopic (exact) mass is 768 g/mol. The highest BCUT2D eigenvalue weighted by atomic mass is 15.2. The third kappa shape index (κ3) is 5.62. The molecule has 1 N–H and O–H groups in total. The van der Waals surface area contributed by atoms with Crippen LogP contribution < -0.4 is 4.90 Å². The van der Waals surface area contributed by atoms with E-state index in [4.69, 9.17) is 0 Å². The molecule has 11 aromatic rings. The average molecular weight is 769 g/mol. The zero-order chi connectivity index (χ0) is 39.6. The van der Waals surface area contributed by atoms with Crippen LogP contribution in [0.1, 0.15) is 22.6 Å². The van der Waals surface area contributed by atoms with E-state index in [1.165, 1.54) is 105 Å². The first-order chi connectivity index (χ1) is 29.8. The predicted octanol–water partition coefficient (Wildman–Crippen LogP) is 13.6. The number of aromatic nitrogens is 2. The summed E-state index contributed by atoms with van der Waals surface area (Å²) in [6.45, 7) is 0. The second-order valence-electron chi connectivity index (χ2n) is 16.3. The molecule has 0 saturated carbocycles. The molecule has 0 saturated heterocycles. The van der Waals surface area contributed by atoms with E-state index in [-0.39, 0.29) is 5.92 Å². The Morgan fingerprint density at radius 1 is 0.333 bits per heavy atom. The number of hydrogen-bond acceptors (Lipinski definition) is 0. The predicted molar refractivity (Wildman–Crippen MR) is 250 cm³/mol. The van der Waals surface area contributed by atoms with Gasteiger partial charge < -0.3 is 9.13 Å². The van der Waals surface area contributed by atoms with Gasteiger partial charge in [0.2, 0.25) is 0 Å². The molecule has 9 aromatic carbocycles. The van der Waals surface area contributed by atoms with Gasteiger partial charge >= 0.3 is 0 Å². The van der Waals surface area contributed by atoms with Crippen molar-refractivity contribution >= 4 is 60.7 Å². The number of nitrogens with one attached hydrogen (secondary N) is 1. The van der Waals surface area contributed by atoms with Crippen LogP contribution >= 0.6 is 0 Å².